The van der Waals surface area contributed by atoms with Gasteiger partial charge in [-0.3, -0.25) is 14.5 Å². The van der Waals surface area contributed by atoms with E-state index in [0.29, 0.717) is 18.0 Å². The Labute approximate surface area is 217 Å². The van der Waals surface area contributed by atoms with Crippen LogP contribution < -0.4 is 14.8 Å². The minimum Gasteiger partial charge on any atom is -0.497 e. The maximum Gasteiger partial charge on any atom is 0.262 e. The second-order valence-corrected chi connectivity index (χ2v) is 8.09. The van der Waals surface area contributed by atoms with Crippen LogP contribution in [0.5, 0.6) is 11.5 Å². The van der Waals surface area contributed by atoms with Gasteiger partial charge in [0.05, 0.1) is 24.7 Å². The van der Waals surface area contributed by atoms with Crippen molar-refractivity contribution in [2.45, 2.75) is 13.5 Å². The monoisotopic (exact) mass is 523 g/mol. The highest BCUT2D eigenvalue weighted by atomic mass is 35.5. The van der Waals surface area contributed by atoms with Crippen molar-refractivity contribution in [3.8, 4) is 11.5 Å². The summed E-state index contributed by atoms with van der Waals surface area (Å²) in [5.41, 5.74) is 2.49. The molecule has 2 heterocycles. The van der Waals surface area contributed by atoms with E-state index in [1.807, 2.05) is 30.1 Å². The van der Waals surface area contributed by atoms with E-state index in [0.717, 1.165) is 48.8 Å². The highest BCUT2D eigenvalue weighted by molar-refractivity contribution is 5.94. The summed E-state index contributed by atoms with van der Waals surface area (Å²) in [5.74, 6) is 2.16. The number of carbonyl (C=O) groups excluding carboxylic acids is 2. The zero-order valence-corrected chi connectivity index (χ0v) is 21.7. The standard InChI is InChI=1S/C24H29N5O4.2ClH/c1-17(30)29-12-10-28(11-13-29)15-23-26-21-14-18(4-9-22(21)27(23)2)25-24(31)16-33-20-7-5-19(32-3)6-8-20;;/h4-9,14H,10-13,15-16H2,1-3H3,(H,25,31);2*1H. The molecule has 2 aromatic carbocycles. The summed E-state index contributed by atoms with van der Waals surface area (Å²) in [4.78, 5) is 32.8. The molecule has 0 bridgehead atoms. The summed E-state index contributed by atoms with van der Waals surface area (Å²) in [5, 5.41) is 2.87. The highest BCUT2D eigenvalue weighted by Crippen LogP contribution is 2.21. The largest absolute Gasteiger partial charge is 0.497 e. The Morgan fingerprint density at radius 1 is 1.00 bits per heavy atom. The number of rotatable bonds is 7. The zero-order valence-electron chi connectivity index (χ0n) is 20.0. The number of piperazine rings is 1. The number of halogens is 2. The maximum absolute atomic E-state index is 12.3. The normalized spacial score (nSPS) is 13.5. The number of amides is 2. The Balaban J connectivity index is 0.00000216. The predicted molar refractivity (Wildman–Crippen MR) is 140 cm³/mol. The first kappa shape index (κ1) is 28.2. The van der Waals surface area contributed by atoms with E-state index in [1.165, 1.54) is 0 Å². The number of methoxy groups -OCH3 is 1. The summed E-state index contributed by atoms with van der Waals surface area (Å²) >= 11 is 0. The fraction of sp³-hybridized carbons (Fsp3) is 0.375. The molecule has 1 aliphatic rings. The van der Waals surface area contributed by atoms with Crippen LogP contribution in [-0.4, -0.2) is 71.1 Å². The molecular formula is C24H31Cl2N5O4. The van der Waals surface area contributed by atoms with E-state index < -0.39 is 0 Å². The molecule has 0 radical (unpaired) electrons. The van der Waals surface area contributed by atoms with Crippen LogP contribution in [0, 0.1) is 0 Å². The average Bonchev–Trinajstić information content (AvgIpc) is 3.12. The molecule has 35 heavy (non-hydrogen) atoms. The zero-order chi connectivity index (χ0) is 23.4. The molecule has 190 valence electrons. The van der Waals surface area contributed by atoms with Gasteiger partial charge in [-0.1, -0.05) is 0 Å². The van der Waals surface area contributed by atoms with Gasteiger partial charge in [0.15, 0.2) is 6.61 Å². The van der Waals surface area contributed by atoms with Crippen LogP contribution in [0.4, 0.5) is 5.69 Å². The number of anilines is 1. The van der Waals surface area contributed by atoms with Crippen molar-refractivity contribution in [1.82, 2.24) is 19.4 Å². The van der Waals surface area contributed by atoms with Gasteiger partial charge in [-0.15, -0.1) is 24.8 Å². The number of fused-ring (bicyclic) bond motifs is 1. The first-order valence-corrected chi connectivity index (χ1v) is 10.9. The van der Waals surface area contributed by atoms with Crippen molar-refractivity contribution in [1.29, 1.82) is 0 Å². The second-order valence-electron chi connectivity index (χ2n) is 8.09. The number of nitrogens with one attached hydrogen (secondary N) is 1. The molecule has 0 saturated carbocycles. The Morgan fingerprint density at radius 2 is 1.66 bits per heavy atom. The number of aryl methyl sites for hydroxylation is 1. The lowest BCUT2D eigenvalue weighted by molar-refractivity contribution is -0.130. The van der Waals surface area contributed by atoms with Gasteiger partial charge in [-0.05, 0) is 42.5 Å². The lowest BCUT2D eigenvalue weighted by Crippen LogP contribution is -2.47. The van der Waals surface area contributed by atoms with Gasteiger partial charge < -0.3 is 24.3 Å². The molecule has 1 saturated heterocycles. The summed E-state index contributed by atoms with van der Waals surface area (Å²) in [7, 11) is 3.60. The van der Waals surface area contributed by atoms with Gasteiger partial charge >= 0.3 is 0 Å². The lowest BCUT2D eigenvalue weighted by Gasteiger charge is -2.33. The number of carbonyl (C=O) groups is 2. The van der Waals surface area contributed by atoms with Crippen molar-refractivity contribution < 1.29 is 19.1 Å². The van der Waals surface area contributed by atoms with E-state index in [1.54, 1.807) is 38.3 Å². The number of ether oxygens (including phenoxy) is 2. The molecule has 9 nitrogen and oxygen atoms in total. The van der Waals surface area contributed by atoms with Crippen LogP contribution in [0.25, 0.3) is 11.0 Å². The van der Waals surface area contributed by atoms with Crippen molar-refractivity contribution in [2.75, 3.05) is 45.2 Å². The summed E-state index contributed by atoms with van der Waals surface area (Å²) < 4.78 is 12.7. The number of imidazole rings is 1. The molecular weight excluding hydrogens is 493 g/mol. The SMILES string of the molecule is COc1ccc(OCC(=O)Nc2ccc3c(c2)nc(CN2CCN(C(C)=O)CC2)n3C)cc1.Cl.Cl. The van der Waals surface area contributed by atoms with Gasteiger partial charge in [-0.25, -0.2) is 4.98 Å². The molecule has 1 aromatic heterocycles. The molecule has 4 rings (SSSR count). The topological polar surface area (TPSA) is 88.9 Å². The van der Waals surface area contributed by atoms with Crippen LogP contribution in [0.1, 0.15) is 12.7 Å². The van der Waals surface area contributed by atoms with Crippen molar-refractivity contribution in [2.24, 2.45) is 7.05 Å². The van der Waals surface area contributed by atoms with Gasteiger partial charge in [0, 0.05) is 45.8 Å². The van der Waals surface area contributed by atoms with Crippen LogP contribution in [-0.2, 0) is 23.2 Å². The third kappa shape index (κ3) is 7.00. The molecule has 1 N–H and O–H groups in total. The van der Waals surface area contributed by atoms with E-state index in [4.69, 9.17) is 14.5 Å². The Morgan fingerprint density at radius 3 is 2.29 bits per heavy atom. The minimum atomic E-state index is -0.246. The number of hydrogen-bond donors (Lipinski definition) is 1. The van der Waals surface area contributed by atoms with Crippen molar-refractivity contribution in [3.05, 3.63) is 48.3 Å². The predicted octanol–water partition coefficient (Wildman–Crippen LogP) is 3.11. The molecule has 0 atom stereocenters. The molecule has 1 aliphatic heterocycles. The molecule has 11 heteroatoms. The van der Waals surface area contributed by atoms with Gasteiger partial charge in [-0.2, -0.15) is 0 Å². The van der Waals surface area contributed by atoms with Crippen LogP contribution >= 0.6 is 24.8 Å². The Hall–Kier alpha value is -3.01. The van der Waals surface area contributed by atoms with Gasteiger partial charge in [0.25, 0.3) is 5.91 Å². The average molecular weight is 524 g/mol. The van der Waals surface area contributed by atoms with E-state index in [2.05, 4.69) is 14.8 Å². The van der Waals surface area contributed by atoms with Crippen molar-refractivity contribution in [3.63, 3.8) is 0 Å². The fourth-order valence-corrected chi connectivity index (χ4v) is 3.91. The second kappa shape index (κ2) is 12.6. The third-order valence-corrected chi connectivity index (χ3v) is 5.87. The van der Waals surface area contributed by atoms with E-state index in [9.17, 15) is 9.59 Å². The molecule has 3 aromatic rings. The number of nitrogens with zero attached hydrogens (tertiary/aromatic N) is 4. The van der Waals surface area contributed by atoms with Crippen molar-refractivity contribution >= 4 is 53.3 Å². The van der Waals surface area contributed by atoms with Crippen LogP contribution in [0.2, 0.25) is 0 Å². The van der Waals surface area contributed by atoms with Crippen LogP contribution in [0.15, 0.2) is 42.5 Å². The number of aromatic nitrogens is 2. The summed E-state index contributed by atoms with van der Waals surface area (Å²) in [6, 6.07) is 12.8. The van der Waals surface area contributed by atoms with E-state index >= 15 is 0 Å². The molecule has 0 spiro atoms. The molecule has 1 fully saturated rings. The molecule has 2 amide bonds. The molecule has 0 aliphatic carbocycles. The highest BCUT2D eigenvalue weighted by Gasteiger charge is 2.20. The number of benzene rings is 2. The Kier molecular flexibility index (Phi) is 10.2. The lowest BCUT2D eigenvalue weighted by atomic mass is 10.2. The first-order chi connectivity index (χ1) is 15.9. The summed E-state index contributed by atoms with van der Waals surface area (Å²) in [6.07, 6.45) is 0. The fourth-order valence-electron chi connectivity index (χ4n) is 3.91. The quantitative estimate of drug-likeness (QED) is 0.511. The molecule has 0 unspecified atom stereocenters. The number of hydrogen-bond acceptors (Lipinski definition) is 6. The van der Waals surface area contributed by atoms with E-state index in [-0.39, 0.29) is 43.2 Å². The smallest absolute Gasteiger partial charge is 0.262 e. The minimum absolute atomic E-state index is 0. The van der Waals surface area contributed by atoms with Gasteiger partial charge in [0.1, 0.15) is 17.3 Å². The first-order valence-electron chi connectivity index (χ1n) is 10.9. The maximum atomic E-state index is 12.3. The van der Waals surface area contributed by atoms with Crippen LogP contribution in [0.3, 0.4) is 0 Å². The van der Waals surface area contributed by atoms with Gasteiger partial charge in [0.2, 0.25) is 5.91 Å². The Bertz CT molecular complexity index is 1140. The summed E-state index contributed by atoms with van der Waals surface area (Å²) in [6.45, 7) is 5.39. The third-order valence-electron chi connectivity index (χ3n) is 5.87.